The highest BCUT2D eigenvalue weighted by atomic mass is 32.2. The van der Waals surface area contributed by atoms with Gasteiger partial charge >= 0.3 is 0 Å². The van der Waals surface area contributed by atoms with Gasteiger partial charge in [0.15, 0.2) is 0 Å². The fraction of sp³-hybridized carbons (Fsp3) is 0.231. The molecule has 2 N–H and O–H groups in total. The molecule has 1 saturated heterocycles. The Labute approximate surface area is 122 Å². The molecular weight excluding hydrogens is 292 g/mol. The molecule has 1 unspecified atom stereocenters. The van der Waals surface area contributed by atoms with Gasteiger partial charge in [-0.2, -0.15) is 5.10 Å². The summed E-state index contributed by atoms with van der Waals surface area (Å²) in [6, 6.07) is 8.98. The number of carbonyl (C=O) groups is 1. The molecule has 2 aromatic rings. The van der Waals surface area contributed by atoms with Crippen LogP contribution < -0.4 is 10.0 Å². The summed E-state index contributed by atoms with van der Waals surface area (Å²) in [5.41, 5.74) is 1.34. The van der Waals surface area contributed by atoms with Crippen molar-refractivity contribution in [1.82, 2.24) is 9.78 Å². The van der Waals surface area contributed by atoms with Gasteiger partial charge in [0.25, 0.3) is 0 Å². The van der Waals surface area contributed by atoms with Gasteiger partial charge in [0.05, 0.1) is 11.4 Å². The summed E-state index contributed by atoms with van der Waals surface area (Å²) in [6.45, 7) is 0.0654. The summed E-state index contributed by atoms with van der Waals surface area (Å²) in [7, 11) is -3.73. The highest BCUT2D eigenvalue weighted by Crippen LogP contribution is 2.29. The fourth-order valence-electron chi connectivity index (χ4n) is 2.43. The van der Waals surface area contributed by atoms with Crippen LogP contribution in [0.3, 0.4) is 0 Å². The Morgan fingerprint density at radius 3 is 2.48 bits per heavy atom. The van der Waals surface area contributed by atoms with Crippen LogP contribution in [0.5, 0.6) is 0 Å². The molecule has 2 heterocycles. The summed E-state index contributed by atoms with van der Waals surface area (Å²) >= 11 is 0. The van der Waals surface area contributed by atoms with Gasteiger partial charge in [-0.25, -0.2) is 18.2 Å². The van der Waals surface area contributed by atoms with Gasteiger partial charge < -0.3 is 4.90 Å². The van der Waals surface area contributed by atoms with Crippen molar-refractivity contribution in [2.24, 2.45) is 5.14 Å². The molecule has 0 saturated carbocycles. The smallest absolute Gasteiger partial charge is 0.228 e. The Morgan fingerprint density at radius 1 is 1.19 bits per heavy atom. The number of nitrogens with zero attached hydrogens (tertiary/aromatic N) is 3. The van der Waals surface area contributed by atoms with Crippen LogP contribution in [0.4, 0.5) is 5.69 Å². The van der Waals surface area contributed by atoms with Gasteiger partial charge in [0.1, 0.15) is 5.25 Å². The maximum absolute atomic E-state index is 12.1. The maximum Gasteiger partial charge on any atom is 0.228 e. The van der Waals surface area contributed by atoms with Gasteiger partial charge in [-0.1, -0.05) is 12.1 Å². The predicted octanol–water partition coefficient (Wildman–Crippen LogP) is 0.266. The maximum atomic E-state index is 12.1. The molecule has 21 heavy (non-hydrogen) atoms. The first-order valence-electron chi connectivity index (χ1n) is 6.38. The summed E-state index contributed by atoms with van der Waals surface area (Å²) in [6.07, 6.45) is 3.30. The van der Waals surface area contributed by atoms with Crippen LogP contribution in [0.2, 0.25) is 0 Å². The van der Waals surface area contributed by atoms with Gasteiger partial charge in [0.2, 0.25) is 15.9 Å². The van der Waals surface area contributed by atoms with Crippen molar-refractivity contribution in [2.75, 3.05) is 11.4 Å². The van der Waals surface area contributed by atoms with Crippen LogP contribution in [-0.2, 0) is 14.8 Å². The molecule has 1 aromatic carbocycles. The molecule has 0 aliphatic carbocycles. The van der Waals surface area contributed by atoms with Crippen molar-refractivity contribution >= 4 is 21.6 Å². The summed E-state index contributed by atoms with van der Waals surface area (Å²) in [5, 5.41) is 8.43. The van der Waals surface area contributed by atoms with E-state index in [4.69, 9.17) is 5.14 Å². The van der Waals surface area contributed by atoms with Crippen LogP contribution in [-0.4, -0.2) is 35.9 Å². The lowest BCUT2D eigenvalue weighted by Gasteiger charge is -2.20. The van der Waals surface area contributed by atoms with Crippen molar-refractivity contribution in [2.45, 2.75) is 11.7 Å². The van der Waals surface area contributed by atoms with E-state index < -0.39 is 15.3 Å². The summed E-state index contributed by atoms with van der Waals surface area (Å²) in [4.78, 5) is 13.6. The van der Waals surface area contributed by atoms with E-state index in [1.54, 1.807) is 35.3 Å². The number of carbonyl (C=O) groups excluding carboxylic acids is 1. The van der Waals surface area contributed by atoms with Crippen LogP contribution in [0.25, 0.3) is 5.69 Å². The number of primary sulfonamides is 1. The highest BCUT2D eigenvalue weighted by Gasteiger charge is 2.38. The molecule has 1 aromatic heterocycles. The lowest BCUT2D eigenvalue weighted by atomic mass is 10.2. The van der Waals surface area contributed by atoms with Crippen molar-refractivity contribution in [3.63, 3.8) is 0 Å². The lowest BCUT2D eigenvalue weighted by Crippen LogP contribution is -2.32. The van der Waals surface area contributed by atoms with Crippen molar-refractivity contribution < 1.29 is 13.2 Å². The van der Waals surface area contributed by atoms with Crippen LogP contribution >= 0.6 is 0 Å². The second-order valence-corrected chi connectivity index (χ2v) is 6.70. The molecule has 1 fully saturated rings. The van der Waals surface area contributed by atoms with Crippen molar-refractivity contribution in [3.8, 4) is 5.69 Å². The van der Waals surface area contributed by atoms with Crippen molar-refractivity contribution in [1.29, 1.82) is 0 Å². The molecule has 110 valence electrons. The topological polar surface area (TPSA) is 98.3 Å². The molecule has 0 radical (unpaired) electrons. The third-order valence-electron chi connectivity index (χ3n) is 3.48. The van der Waals surface area contributed by atoms with E-state index in [9.17, 15) is 13.2 Å². The average Bonchev–Trinajstić information content (AvgIpc) is 3.07. The zero-order valence-corrected chi connectivity index (χ0v) is 11.9. The molecule has 1 aliphatic heterocycles. The Hall–Kier alpha value is -2.19. The minimum Gasteiger partial charge on any atom is -0.309 e. The quantitative estimate of drug-likeness (QED) is 0.879. The van der Waals surface area contributed by atoms with E-state index in [0.29, 0.717) is 11.4 Å². The van der Waals surface area contributed by atoms with E-state index in [1.807, 2.05) is 12.1 Å². The Morgan fingerprint density at radius 2 is 1.90 bits per heavy atom. The third kappa shape index (κ3) is 2.55. The largest absolute Gasteiger partial charge is 0.309 e. The SMILES string of the molecule is NS(=O)(=O)C1CC(=O)N(c2ccccc2-n2cccn2)C1. The minimum atomic E-state index is -3.73. The predicted molar refractivity (Wildman–Crippen MR) is 77.4 cm³/mol. The van der Waals surface area contributed by atoms with Gasteiger partial charge in [-0.05, 0) is 18.2 Å². The van der Waals surface area contributed by atoms with Gasteiger partial charge in [-0.15, -0.1) is 0 Å². The number of nitrogens with two attached hydrogens (primary N) is 1. The number of hydrogen-bond acceptors (Lipinski definition) is 4. The number of benzene rings is 1. The zero-order valence-electron chi connectivity index (χ0n) is 11.1. The molecule has 3 rings (SSSR count). The average molecular weight is 306 g/mol. The fourth-order valence-corrected chi connectivity index (χ4v) is 3.16. The molecule has 0 bridgehead atoms. The van der Waals surface area contributed by atoms with E-state index in [-0.39, 0.29) is 18.9 Å². The zero-order chi connectivity index (χ0) is 15.0. The Bertz CT molecular complexity index is 770. The molecule has 1 amide bonds. The number of hydrogen-bond donors (Lipinski definition) is 1. The minimum absolute atomic E-state index is 0.0654. The lowest BCUT2D eigenvalue weighted by molar-refractivity contribution is -0.117. The second kappa shape index (κ2) is 4.97. The number of rotatable bonds is 3. The molecule has 0 spiro atoms. The second-order valence-electron chi connectivity index (χ2n) is 4.86. The molecular formula is C13H14N4O3S. The normalized spacial score (nSPS) is 19.2. The third-order valence-corrected chi connectivity index (χ3v) is 4.72. The Kier molecular flexibility index (Phi) is 3.26. The number of aromatic nitrogens is 2. The molecule has 1 atom stereocenters. The monoisotopic (exact) mass is 306 g/mol. The van der Waals surface area contributed by atoms with Gasteiger partial charge in [0, 0.05) is 25.4 Å². The Balaban J connectivity index is 2.01. The van der Waals surface area contributed by atoms with E-state index >= 15 is 0 Å². The summed E-state index contributed by atoms with van der Waals surface area (Å²) in [5.74, 6) is -0.256. The van der Waals surface area contributed by atoms with Crippen LogP contribution in [0, 0.1) is 0 Å². The van der Waals surface area contributed by atoms with E-state index in [1.165, 1.54) is 4.90 Å². The van der Waals surface area contributed by atoms with Crippen molar-refractivity contribution in [3.05, 3.63) is 42.7 Å². The van der Waals surface area contributed by atoms with Crippen LogP contribution in [0.15, 0.2) is 42.7 Å². The van der Waals surface area contributed by atoms with E-state index in [2.05, 4.69) is 5.10 Å². The standard InChI is InChI=1S/C13H14N4O3S/c14-21(19,20)10-8-13(18)16(9-10)11-4-1-2-5-12(11)17-7-3-6-15-17/h1-7,10H,8-9H2,(H2,14,19,20). The number of amides is 1. The van der Waals surface area contributed by atoms with Gasteiger partial charge in [-0.3, -0.25) is 4.79 Å². The molecule has 8 heteroatoms. The number of para-hydroxylation sites is 2. The molecule has 1 aliphatic rings. The molecule has 7 nitrogen and oxygen atoms in total. The first kappa shape index (κ1) is 13.8. The first-order valence-corrected chi connectivity index (χ1v) is 7.99. The van der Waals surface area contributed by atoms with Crippen LogP contribution in [0.1, 0.15) is 6.42 Å². The first-order chi connectivity index (χ1) is 9.97. The van der Waals surface area contributed by atoms with E-state index in [0.717, 1.165) is 0 Å². The highest BCUT2D eigenvalue weighted by molar-refractivity contribution is 7.89. The number of anilines is 1. The summed E-state index contributed by atoms with van der Waals surface area (Å²) < 4.78 is 24.5. The number of sulfonamides is 1.